The number of benzene rings is 1. The number of nitro benzene ring substituents is 1. The zero-order chi connectivity index (χ0) is 20.7. The number of nitrogens with one attached hydrogen (secondary N) is 1. The molecule has 1 N–H and O–H groups in total. The molecule has 1 aromatic rings. The van der Waals surface area contributed by atoms with Gasteiger partial charge in [-0.2, -0.15) is 11.8 Å². The first-order valence-corrected chi connectivity index (χ1v) is 12.2. The molecule has 0 saturated heterocycles. The summed E-state index contributed by atoms with van der Waals surface area (Å²) in [6.07, 6.45) is 7.23. The summed E-state index contributed by atoms with van der Waals surface area (Å²) in [5.74, 6) is 0.353. The van der Waals surface area contributed by atoms with Crippen LogP contribution in [0, 0.1) is 17.0 Å². The van der Waals surface area contributed by atoms with Gasteiger partial charge in [-0.05, 0) is 25.3 Å². The van der Waals surface area contributed by atoms with Gasteiger partial charge in [0.05, 0.1) is 16.9 Å². The summed E-state index contributed by atoms with van der Waals surface area (Å²) in [7, 11) is -3.78. The largest absolute Gasteiger partial charge is 0.354 e. The van der Waals surface area contributed by atoms with E-state index in [0.717, 1.165) is 16.3 Å². The first kappa shape index (κ1) is 22.5. The Balaban J connectivity index is 1.97. The maximum Gasteiger partial charge on any atom is 0.271 e. The number of sulfonamides is 1. The van der Waals surface area contributed by atoms with Crippen molar-refractivity contribution in [3.05, 3.63) is 33.9 Å². The molecular weight excluding hydrogens is 402 g/mol. The normalized spacial score (nSPS) is 15.2. The zero-order valence-corrected chi connectivity index (χ0v) is 17.9. The van der Waals surface area contributed by atoms with Gasteiger partial charge in [-0.15, -0.1) is 0 Å². The van der Waals surface area contributed by atoms with E-state index < -0.39 is 27.4 Å². The molecule has 0 bridgehead atoms. The SMILES string of the molecule is Cc1ccc([N+](=O)[O-])cc1N(CC(=O)NCCSC1CCCCC1)S(C)(=O)=O. The maximum absolute atomic E-state index is 12.3. The number of carbonyl (C=O) groups excluding carboxylic acids is 1. The van der Waals surface area contributed by atoms with Gasteiger partial charge in [0.25, 0.3) is 5.69 Å². The van der Waals surface area contributed by atoms with Gasteiger partial charge in [0.1, 0.15) is 6.54 Å². The van der Waals surface area contributed by atoms with E-state index in [1.165, 1.54) is 50.3 Å². The number of non-ortho nitro benzene ring substituents is 1. The van der Waals surface area contributed by atoms with E-state index >= 15 is 0 Å². The number of hydrogen-bond acceptors (Lipinski definition) is 6. The van der Waals surface area contributed by atoms with Gasteiger partial charge in [-0.1, -0.05) is 25.3 Å². The van der Waals surface area contributed by atoms with Crippen LogP contribution in [0.5, 0.6) is 0 Å². The first-order valence-electron chi connectivity index (χ1n) is 9.29. The van der Waals surface area contributed by atoms with E-state index in [-0.39, 0.29) is 11.4 Å². The minimum absolute atomic E-state index is 0.142. The molecule has 10 heteroatoms. The minimum atomic E-state index is -3.78. The second-order valence-corrected chi connectivity index (χ2v) is 10.3. The molecule has 0 atom stereocenters. The van der Waals surface area contributed by atoms with Crippen LogP contribution in [0.25, 0.3) is 0 Å². The lowest BCUT2D eigenvalue weighted by atomic mass is 10.0. The zero-order valence-electron chi connectivity index (χ0n) is 16.2. The van der Waals surface area contributed by atoms with Crippen LogP contribution < -0.4 is 9.62 Å². The standard InChI is InChI=1S/C18H27N3O5S2/c1-14-8-9-15(21(23)24)12-17(14)20(28(2,25)26)13-18(22)19-10-11-27-16-6-4-3-5-7-16/h8-9,12,16H,3-7,10-11,13H2,1-2H3,(H,19,22). The van der Waals surface area contributed by atoms with Crippen molar-refractivity contribution < 1.29 is 18.1 Å². The molecule has 156 valence electrons. The van der Waals surface area contributed by atoms with Crippen molar-refractivity contribution in [3.8, 4) is 0 Å². The van der Waals surface area contributed by atoms with Crippen molar-refractivity contribution in [2.45, 2.75) is 44.3 Å². The Morgan fingerprint density at radius 3 is 2.61 bits per heavy atom. The molecule has 8 nitrogen and oxygen atoms in total. The lowest BCUT2D eigenvalue weighted by Crippen LogP contribution is -2.41. The lowest BCUT2D eigenvalue weighted by molar-refractivity contribution is -0.384. The van der Waals surface area contributed by atoms with E-state index in [1.54, 1.807) is 6.92 Å². The van der Waals surface area contributed by atoms with Crippen LogP contribution in [-0.4, -0.2) is 49.6 Å². The monoisotopic (exact) mass is 429 g/mol. The third kappa shape index (κ3) is 6.66. The molecular formula is C18H27N3O5S2. The number of aryl methyl sites for hydroxylation is 1. The molecule has 1 aromatic carbocycles. The molecule has 2 rings (SSSR count). The highest BCUT2D eigenvalue weighted by Gasteiger charge is 2.24. The third-order valence-corrected chi connectivity index (χ3v) is 7.20. The van der Waals surface area contributed by atoms with E-state index in [0.29, 0.717) is 17.4 Å². The van der Waals surface area contributed by atoms with Crippen LogP contribution in [0.15, 0.2) is 18.2 Å². The van der Waals surface area contributed by atoms with Gasteiger partial charge in [-0.3, -0.25) is 19.2 Å². The molecule has 0 radical (unpaired) electrons. The number of thioether (sulfide) groups is 1. The average molecular weight is 430 g/mol. The van der Waals surface area contributed by atoms with Crippen LogP contribution in [-0.2, 0) is 14.8 Å². The fraction of sp³-hybridized carbons (Fsp3) is 0.611. The topological polar surface area (TPSA) is 110 Å². The van der Waals surface area contributed by atoms with E-state index in [2.05, 4.69) is 5.32 Å². The highest BCUT2D eigenvalue weighted by Crippen LogP contribution is 2.28. The molecule has 1 fully saturated rings. The Hall–Kier alpha value is -1.81. The number of nitrogens with zero attached hydrogens (tertiary/aromatic N) is 2. The van der Waals surface area contributed by atoms with E-state index in [1.807, 2.05) is 11.8 Å². The fourth-order valence-electron chi connectivity index (χ4n) is 3.20. The van der Waals surface area contributed by atoms with Crippen LogP contribution >= 0.6 is 11.8 Å². The van der Waals surface area contributed by atoms with Crippen LogP contribution in [0.3, 0.4) is 0 Å². The van der Waals surface area contributed by atoms with Gasteiger partial charge >= 0.3 is 0 Å². The van der Waals surface area contributed by atoms with Crippen LogP contribution in [0.4, 0.5) is 11.4 Å². The summed E-state index contributed by atoms with van der Waals surface area (Å²) in [5, 5.41) is 14.4. The Labute approximate surface area is 170 Å². The summed E-state index contributed by atoms with van der Waals surface area (Å²) in [6.45, 7) is 1.70. The van der Waals surface area contributed by atoms with Crippen molar-refractivity contribution in [1.29, 1.82) is 0 Å². The Kier molecular flexibility index (Phi) is 8.11. The molecule has 1 aliphatic rings. The highest BCUT2D eigenvalue weighted by atomic mass is 32.2. The fourth-order valence-corrected chi connectivity index (χ4v) is 5.32. The van der Waals surface area contributed by atoms with E-state index in [9.17, 15) is 23.3 Å². The maximum atomic E-state index is 12.3. The Morgan fingerprint density at radius 2 is 2.00 bits per heavy atom. The number of carbonyl (C=O) groups is 1. The van der Waals surface area contributed by atoms with Gasteiger partial charge in [0, 0.05) is 29.7 Å². The van der Waals surface area contributed by atoms with Crippen molar-refractivity contribution in [2.24, 2.45) is 0 Å². The summed E-state index contributed by atoms with van der Waals surface area (Å²) in [5.41, 5.74) is 0.457. The second kappa shape index (κ2) is 10.1. The molecule has 0 aromatic heterocycles. The molecule has 28 heavy (non-hydrogen) atoms. The van der Waals surface area contributed by atoms with Gasteiger partial charge in [-0.25, -0.2) is 8.42 Å². The first-order chi connectivity index (χ1) is 13.2. The summed E-state index contributed by atoms with van der Waals surface area (Å²) in [4.78, 5) is 22.7. The van der Waals surface area contributed by atoms with Gasteiger partial charge in [0.15, 0.2) is 0 Å². The summed E-state index contributed by atoms with van der Waals surface area (Å²) >= 11 is 1.85. The summed E-state index contributed by atoms with van der Waals surface area (Å²) in [6, 6.07) is 3.97. The average Bonchev–Trinajstić information content (AvgIpc) is 2.64. The van der Waals surface area contributed by atoms with Crippen LogP contribution in [0.2, 0.25) is 0 Å². The second-order valence-electron chi connectivity index (χ2n) is 6.98. The predicted octanol–water partition coefficient (Wildman–Crippen LogP) is 2.85. The molecule has 0 aliphatic heterocycles. The smallest absolute Gasteiger partial charge is 0.271 e. The van der Waals surface area contributed by atoms with Crippen LogP contribution in [0.1, 0.15) is 37.7 Å². The number of rotatable bonds is 9. The molecule has 0 unspecified atom stereocenters. The van der Waals surface area contributed by atoms with E-state index in [4.69, 9.17) is 0 Å². The Bertz CT molecular complexity index is 807. The van der Waals surface area contributed by atoms with Gasteiger partial charge < -0.3 is 5.32 Å². The van der Waals surface area contributed by atoms with Gasteiger partial charge in [0.2, 0.25) is 15.9 Å². The molecule has 1 aliphatic carbocycles. The predicted molar refractivity (Wildman–Crippen MR) is 112 cm³/mol. The lowest BCUT2D eigenvalue weighted by Gasteiger charge is -2.24. The molecule has 1 saturated carbocycles. The molecule has 1 amide bonds. The number of hydrogen-bond donors (Lipinski definition) is 1. The molecule has 0 spiro atoms. The van der Waals surface area contributed by atoms with Crippen molar-refractivity contribution in [2.75, 3.05) is 29.4 Å². The Morgan fingerprint density at radius 1 is 1.32 bits per heavy atom. The van der Waals surface area contributed by atoms with Crippen molar-refractivity contribution in [1.82, 2.24) is 5.32 Å². The third-order valence-electron chi connectivity index (χ3n) is 4.69. The number of anilines is 1. The highest BCUT2D eigenvalue weighted by molar-refractivity contribution is 7.99. The quantitative estimate of drug-likeness (QED) is 0.367. The summed E-state index contributed by atoms with van der Waals surface area (Å²) < 4.78 is 25.3. The number of amides is 1. The number of nitro groups is 1. The molecule has 0 heterocycles. The van der Waals surface area contributed by atoms with Crippen molar-refractivity contribution in [3.63, 3.8) is 0 Å². The minimum Gasteiger partial charge on any atom is -0.354 e. The van der Waals surface area contributed by atoms with Crippen molar-refractivity contribution >= 4 is 39.1 Å².